The van der Waals surface area contributed by atoms with Crippen molar-refractivity contribution in [3.8, 4) is 11.5 Å². The maximum absolute atomic E-state index is 11.9. The van der Waals surface area contributed by atoms with Gasteiger partial charge in [0.25, 0.3) is 11.6 Å². The van der Waals surface area contributed by atoms with Crippen molar-refractivity contribution in [1.29, 1.82) is 0 Å². The summed E-state index contributed by atoms with van der Waals surface area (Å²) >= 11 is 0. The minimum atomic E-state index is -0.815. The molecule has 0 aromatic heterocycles. The zero-order chi connectivity index (χ0) is 20.4. The number of nitro groups is 1. The van der Waals surface area contributed by atoms with E-state index in [4.69, 9.17) is 14.2 Å². The second-order valence-electron chi connectivity index (χ2n) is 5.49. The second-order valence-corrected chi connectivity index (χ2v) is 5.49. The third-order valence-corrected chi connectivity index (χ3v) is 3.45. The molecule has 0 atom stereocenters. The number of hydrogen-bond acceptors (Lipinski definition) is 7. The van der Waals surface area contributed by atoms with E-state index in [0.29, 0.717) is 12.4 Å². The lowest BCUT2D eigenvalue weighted by Crippen LogP contribution is -2.32. The van der Waals surface area contributed by atoms with E-state index in [-0.39, 0.29) is 24.4 Å². The van der Waals surface area contributed by atoms with Crippen LogP contribution in [0.2, 0.25) is 0 Å². The number of non-ortho nitro benzene ring substituents is 1. The normalized spacial score (nSPS) is 10.0. The highest BCUT2D eigenvalue weighted by Gasteiger charge is 2.14. The lowest BCUT2D eigenvalue weighted by atomic mass is 10.2. The molecule has 28 heavy (non-hydrogen) atoms. The van der Waals surface area contributed by atoms with Crippen LogP contribution >= 0.6 is 0 Å². The number of amides is 1. The molecule has 148 valence electrons. The van der Waals surface area contributed by atoms with E-state index in [0.717, 1.165) is 11.8 Å². The Kier molecular flexibility index (Phi) is 7.77. The van der Waals surface area contributed by atoms with Gasteiger partial charge >= 0.3 is 5.97 Å². The summed E-state index contributed by atoms with van der Waals surface area (Å²) in [4.78, 5) is 33.7. The first-order chi connectivity index (χ1) is 13.5. The number of esters is 1. The molecule has 9 nitrogen and oxygen atoms in total. The quantitative estimate of drug-likeness (QED) is 0.287. The fraction of sp³-hybridized carbons (Fsp3) is 0.263. The number of carbonyl (C=O) groups excluding carboxylic acids is 2. The van der Waals surface area contributed by atoms with E-state index in [2.05, 4.69) is 5.32 Å². The van der Waals surface area contributed by atoms with E-state index in [1.807, 2.05) is 6.92 Å². The second kappa shape index (κ2) is 10.5. The van der Waals surface area contributed by atoms with Crippen LogP contribution in [0.25, 0.3) is 0 Å². The topological polar surface area (TPSA) is 117 Å². The van der Waals surface area contributed by atoms with E-state index in [1.54, 1.807) is 24.3 Å². The number of rotatable bonds is 10. The number of benzene rings is 2. The zero-order valence-corrected chi connectivity index (χ0v) is 15.3. The van der Waals surface area contributed by atoms with Crippen molar-refractivity contribution in [3.05, 3.63) is 64.2 Å². The average molecular weight is 388 g/mol. The summed E-state index contributed by atoms with van der Waals surface area (Å²) in [6, 6.07) is 12.2. The van der Waals surface area contributed by atoms with E-state index in [9.17, 15) is 19.7 Å². The molecule has 2 rings (SSSR count). The molecule has 0 aliphatic rings. The van der Waals surface area contributed by atoms with Crippen LogP contribution in [0.1, 0.15) is 17.3 Å². The molecule has 0 spiro atoms. The molecule has 2 aromatic carbocycles. The number of hydrogen-bond donors (Lipinski definition) is 1. The fourth-order valence-corrected chi connectivity index (χ4v) is 2.17. The SMILES string of the molecule is CCOc1ccc(OCCNC(=O)COC(=O)c2cccc([N+](=O)[O-])c2)cc1. The summed E-state index contributed by atoms with van der Waals surface area (Å²) in [5, 5.41) is 13.3. The number of nitrogens with zero attached hydrogens (tertiary/aromatic N) is 1. The minimum Gasteiger partial charge on any atom is -0.494 e. The lowest BCUT2D eigenvalue weighted by molar-refractivity contribution is -0.384. The molecule has 1 amide bonds. The van der Waals surface area contributed by atoms with Crippen molar-refractivity contribution in [1.82, 2.24) is 5.32 Å². The van der Waals surface area contributed by atoms with Crippen molar-refractivity contribution in [2.45, 2.75) is 6.92 Å². The van der Waals surface area contributed by atoms with E-state index >= 15 is 0 Å². The van der Waals surface area contributed by atoms with Crippen LogP contribution in [0.5, 0.6) is 11.5 Å². The summed E-state index contributed by atoms with van der Waals surface area (Å²) in [6.45, 7) is 2.44. The van der Waals surface area contributed by atoms with Gasteiger partial charge in [0.1, 0.15) is 18.1 Å². The van der Waals surface area contributed by atoms with Gasteiger partial charge in [0.05, 0.1) is 23.6 Å². The molecule has 0 radical (unpaired) electrons. The largest absolute Gasteiger partial charge is 0.494 e. The molecule has 2 aromatic rings. The molecule has 0 aliphatic carbocycles. The van der Waals surface area contributed by atoms with E-state index < -0.39 is 23.4 Å². The van der Waals surface area contributed by atoms with Gasteiger partial charge in [0, 0.05) is 12.1 Å². The van der Waals surface area contributed by atoms with Gasteiger partial charge in [-0.05, 0) is 37.3 Å². The summed E-state index contributed by atoms with van der Waals surface area (Å²) in [7, 11) is 0. The maximum atomic E-state index is 11.9. The zero-order valence-electron chi connectivity index (χ0n) is 15.3. The average Bonchev–Trinajstić information content (AvgIpc) is 2.71. The van der Waals surface area contributed by atoms with Crippen molar-refractivity contribution in [2.75, 3.05) is 26.4 Å². The van der Waals surface area contributed by atoms with Gasteiger partial charge in [-0.1, -0.05) is 6.07 Å². The Labute approximate surface area is 161 Å². The number of nitrogens with one attached hydrogen (secondary N) is 1. The fourth-order valence-electron chi connectivity index (χ4n) is 2.17. The molecule has 0 heterocycles. The first-order valence-electron chi connectivity index (χ1n) is 8.53. The predicted molar refractivity (Wildman–Crippen MR) is 99.5 cm³/mol. The van der Waals surface area contributed by atoms with Crippen molar-refractivity contribution >= 4 is 17.6 Å². The van der Waals surface area contributed by atoms with Gasteiger partial charge in [0.2, 0.25) is 0 Å². The first kappa shape index (κ1) is 20.7. The van der Waals surface area contributed by atoms with Crippen molar-refractivity contribution in [3.63, 3.8) is 0 Å². The van der Waals surface area contributed by atoms with Crippen LogP contribution in [0.4, 0.5) is 5.69 Å². The highest BCUT2D eigenvalue weighted by atomic mass is 16.6. The van der Waals surface area contributed by atoms with Crippen molar-refractivity contribution in [2.24, 2.45) is 0 Å². The Balaban J connectivity index is 1.67. The predicted octanol–water partition coefficient (Wildman–Crippen LogP) is 2.35. The van der Waals surface area contributed by atoms with Gasteiger partial charge in [-0.15, -0.1) is 0 Å². The number of ether oxygens (including phenoxy) is 3. The monoisotopic (exact) mass is 388 g/mol. The Bertz CT molecular complexity index is 821. The summed E-state index contributed by atoms with van der Waals surface area (Å²) in [5.74, 6) is 0.0575. The highest BCUT2D eigenvalue weighted by Crippen LogP contribution is 2.17. The Hall–Kier alpha value is -3.62. The molecule has 0 fully saturated rings. The molecule has 0 bridgehead atoms. The highest BCUT2D eigenvalue weighted by molar-refractivity contribution is 5.91. The van der Waals surface area contributed by atoms with E-state index in [1.165, 1.54) is 18.2 Å². The summed E-state index contributed by atoms with van der Waals surface area (Å²) < 4.78 is 15.7. The Morgan fingerprint density at radius 2 is 1.75 bits per heavy atom. The molecule has 0 aliphatic heterocycles. The summed E-state index contributed by atoms with van der Waals surface area (Å²) in [5.41, 5.74) is -0.230. The standard InChI is InChI=1S/C19H20N2O7/c1-2-26-16-6-8-17(9-7-16)27-11-10-20-18(22)13-28-19(23)14-4-3-5-15(12-14)21(24)25/h3-9,12H,2,10-11,13H2,1H3,(H,20,22). The van der Waals surface area contributed by atoms with Crippen LogP contribution in [0, 0.1) is 10.1 Å². The number of nitro benzene ring substituents is 1. The first-order valence-corrected chi connectivity index (χ1v) is 8.53. The van der Waals surface area contributed by atoms with Crippen LogP contribution in [0.3, 0.4) is 0 Å². The van der Waals surface area contributed by atoms with Crippen LogP contribution in [-0.4, -0.2) is 43.2 Å². The minimum absolute atomic E-state index is 0.000771. The Morgan fingerprint density at radius 3 is 2.39 bits per heavy atom. The molecule has 9 heteroatoms. The maximum Gasteiger partial charge on any atom is 0.338 e. The third kappa shape index (κ3) is 6.60. The van der Waals surface area contributed by atoms with Crippen LogP contribution < -0.4 is 14.8 Å². The molecule has 0 saturated heterocycles. The number of carbonyl (C=O) groups is 2. The van der Waals surface area contributed by atoms with Gasteiger partial charge in [-0.3, -0.25) is 14.9 Å². The van der Waals surface area contributed by atoms with Gasteiger partial charge < -0.3 is 19.5 Å². The molecular formula is C19H20N2O7. The van der Waals surface area contributed by atoms with Gasteiger partial charge in [-0.25, -0.2) is 4.79 Å². The Morgan fingerprint density at radius 1 is 1.07 bits per heavy atom. The van der Waals surface area contributed by atoms with Gasteiger partial charge in [0.15, 0.2) is 6.61 Å². The summed E-state index contributed by atoms with van der Waals surface area (Å²) in [6.07, 6.45) is 0. The third-order valence-electron chi connectivity index (χ3n) is 3.45. The lowest BCUT2D eigenvalue weighted by Gasteiger charge is -2.09. The molecule has 1 N–H and O–H groups in total. The molecular weight excluding hydrogens is 368 g/mol. The molecule has 0 saturated carbocycles. The van der Waals surface area contributed by atoms with Crippen molar-refractivity contribution < 1.29 is 28.7 Å². The molecule has 0 unspecified atom stereocenters. The van der Waals surface area contributed by atoms with Gasteiger partial charge in [-0.2, -0.15) is 0 Å². The van der Waals surface area contributed by atoms with Crippen LogP contribution in [-0.2, 0) is 9.53 Å². The van der Waals surface area contributed by atoms with Crippen LogP contribution in [0.15, 0.2) is 48.5 Å². The smallest absolute Gasteiger partial charge is 0.338 e.